The molecule has 1 spiro atoms. The number of urea groups is 1. The monoisotopic (exact) mass is 463 g/mol. The largest absolute Gasteiger partial charge is 0.483 e. The van der Waals surface area contributed by atoms with Crippen molar-refractivity contribution in [3.8, 4) is 0 Å². The second kappa shape index (κ2) is 8.60. The number of carbonyl (C=O) groups excluding carboxylic acids is 1. The van der Waals surface area contributed by atoms with Crippen LogP contribution in [0.1, 0.15) is 24.0 Å². The van der Waals surface area contributed by atoms with Crippen LogP contribution >= 0.6 is 0 Å². The van der Waals surface area contributed by atoms with Crippen molar-refractivity contribution in [3.05, 3.63) is 41.7 Å². The number of nitrogens with one attached hydrogen (secondary N) is 2. The van der Waals surface area contributed by atoms with Crippen LogP contribution in [-0.4, -0.2) is 64.1 Å². The first kappa shape index (κ1) is 22.1. The van der Waals surface area contributed by atoms with Crippen LogP contribution < -0.4 is 20.4 Å². The van der Waals surface area contributed by atoms with Gasteiger partial charge in [0.15, 0.2) is 0 Å². The average Bonchev–Trinajstić information content (AvgIpc) is 3.22. The number of benzene rings is 1. The fourth-order valence-electron chi connectivity index (χ4n) is 5.11. The molecular weight excluding hydrogens is 434 g/mol. The topological polar surface area (TPSA) is 116 Å². The number of amides is 2. The van der Waals surface area contributed by atoms with Crippen molar-refractivity contribution in [3.63, 3.8) is 0 Å². The van der Waals surface area contributed by atoms with Crippen molar-refractivity contribution < 1.29 is 14.7 Å². The van der Waals surface area contributed by atoms with E-state index in [4.69, 9.17) is 9.90 Å². The van der Waals surface area contributed by atoms with Gasteiger partial charge < -0.3 is 20.6 Å². The smallest absolute Gasteiger partial charge is 0.327 e. The number of hydrogen-bond donors (Lipinski definition) is 3. The summed E-state index contributed by atoms with van der Waals surface area (Å²) in [6, 6.07) is 5.93. The van der Waals surface area contributed by atoms with Crippen LogP contribution in [0.25, 0.3) is 10.9 Å². The molecule has 4 heterocycles. The fourth-order valence-corrected chi connectivity index (χ4v) is 5.11. The molecule has 0 unspecified atom stereocenters. The van der Waals surface area contributed by atoms with Gasteiger partial charge in [-0.2, -0.15) is 5.10 Å². The zero-order valence-corrected chi connectivity index (χ0v) is 19.4. The number of carboxylic acid groups (broad SMARTS) is 1. The normalized spacial score (nSPS) is 17.8. The summed E-state index contributed by atoms with van der Waals surface area (Å²) in [6.07, 6.45) is 7.16. The molecule has 34 heavy (non-hydrogen) atoms. The van der Waals surface area contributed by atoms with E-state index in [9.17, 15) is 4.79 Å². The molecule has 0 atom stereocenters. The van der Waals surface area contributed by atoms with E-state index >= 15 is 0 Å². The lowest BCUT2D eigenvalue weighted by Crippen LogP contribution is -2.52. The third-order valence-corrected chi connectivity index (χ3v) is 6.83. The summed E-state index contributed by atoms with van der Waals surface area (Å²) in [6.45, 7) is 5.47. The van der Waals surface area contributed by atoms with Crippen molar-refractivity contribution in [2.24, 2.45) is 7.05 Å². The van der Waals surface area contributed by atoms with E-state index in [0.717, 1.165) is 54.0 Å². The van der Waals surface area contributed by atoms with E-state index in [0.29, 0.717) is 12.1 Å². The molecule has 1 saturated heterocycles. The molecule has 1 aliphatic carbocycles. The van der Waals surface area contributed by atoms with Gasteiger partial charge in [0.2, 0.25) is 0 Å². The van der Waals surface area contributed by atoms with Gasteiger partial charge in [-0.15, -0.1) is 0 Å². The fraction of sp³-hybridized carbons (Fsp3) is 0.417. The van der Waals surface area contributed by atoms with Crippen LogP contribution in [-0.2, 0) is 18.3 Å². The maximum absolute atomic E-state index is 13.2. The molecule has 2 fully saturated rings. The van der Waals surface area contributed by atoms with Gasteiger partial charge in [0.25, 0.3) is 6.47 Å². The first-order valence-electron chi connectivity index (χ1n) is 11.5. The van der Waals surface area contributed by atoms with E-state index in [1.54, 1.807) is 9.58 Å². The van der Waals surface area contributed by atoms with E-state index in [1.807, 2.05) is 38.5 Å². The van der Waals surface area contributed by atoms with Gasteiger partial charge in [0.05, 0.1) is 5.52 Å². The first-order valence-corrected chi connectivity index (χ1v) is 11.5. The second-order valence-corrected chi connectivity index (χ2v) is 9.23. The quantitative estimate of drug-likeness (QED) is 0.500. The van der Waals surface area contributed by atoms with Gasteiger partial charge in [-0.3, -0.25) is 14.4 Å². The third-order valence-electron chi connectivity index (χ3n) is 6.83. The number of rotatable bonds is 2. The standard InChI is InChI=1S/C23H27N7O.CH2O2/c1-15-11-17(12-16-13-28(2)27-20(15)16)26-22(31)30-9-4-18-19(3-7-24-21(18)30)29-10-8-25-23(14-29)5-6-23;2-1-3/h3,7,11-13,25H,4-6,8-10,14H2,1-2H3,(H,26,31);1H,(H,2,3). The van der Waals surface area contributed by atoms with Crippen LogP contribution in [0.4, 0.5) is 22.0 Å². The van der Waals surface area contributed by atoms with E-state index < -0.39 is 0 Å². The van der Waals surface area contributed by atoms with Gasteiger partial charge >= 0.3 is 6.03 Å². The molecule has 2 aromatic heterocycles. The zero-order valence-electron chi connectivity index (χ0n) is 19.4. The van der Waals surface area contributed by atoms with Crippen molar-refractivity contribution in [2.75, 3.05) is 41.3 Å². The summed E-state index contributed by atoms with van der Waals surface area (Å²) in [5, 5.41) is 19.1. The SMILES string of the molecule is Cc1cc(NC(=O)N2CCc3c(N4CCNC5(CC5)C4)ccnc32)cc2cn(C)nc12.O=CO. The number of piperazine rings is 1. The highest BCUT2D eigenvalue weighted by molar-refractivity contribution is 6.04. The third kappa shape index (κ3) is 4.05. The Labute approximate surface area is 197 Å². The van der Waals surface area contributed by atoms with Crippen molar-refractivity contribution in [2.45, 2.75) is 31.7 Å². The van der Waals surface area contributed by atoms with Crippen LogP contribution in [0.3, 0.4) is 0 Å². The highest BCUT2D eigenvalue weighted by atomic mass is 16.3. The Morgan fingerprint density at radius 3 is 2.85 bits per heavy atom. The minimum absolute atomic E-state index is 0.134. The van der Waals surface area contributed by atoms with Gasteiger partial charge in [-0.1, -0.05) is 0 Å². The van der Waals surface area contributed by atoms with Gasteiger partial charge in [-0.25, -0.2) is 9.78 Å². The number of aryl methyl sites for hydroxylation is 2. The van der Waals surface area contributed by atoms with Crippen molar-refractivity contribution in [1.82, 2.24) is 20.1 Å². The molecular formula is C24H29N7O3. The maximum atomic E-state index is 13.2. The molecule has 2 aliphatic heterocycles. The molecule has 1 saturated carbocycles. The summed E-state index contributed by atoms with van der Waals surface area (Å²) >= 11 is 0. The highest BCUT2D eigenvalue weighted by Crippen LogP contribution is 2.41. The number of aromatic nitrogens is 3. The summed E-state index contributed by atoms with van der Waals surface area (Å²) in [4.78, 5) is 30.4. The van der Waals surface area contributed by atoms with Gasteiger partial charge in [0.1, 0.15) is 5.82 Å². The Bertz CT molecular complexity index is 1250. The molecule has 6 rings (SSSR count). The number of anilines is 3. The summed E-state index contributed by atoms with van der Waals surface area (Å²) < 4.78 is 1.80. The molecule has 178 valence electrons. The highest BCUT2D eigenvalue weighted by Gasteiger charge is 2.46. The summed E-state index contributed by atoms with van der Waals surface area (Å²) in [5.74, 6) is 0.789. The van der Waals surface area contributed by atoms with Crippen LogP contribution in [0, 0.1) is 6.92 Å². The lowest BCUT2D eigenvalue weighted by Gasteiger charge is -2.36. The molecule has 2 amide bonds. The minimum atomic E-state index is -0.250. The van der Waals surface area contributed by atoms with Gasteiger partial charge in [0, 0.05) is 73.5 Å². The maximum Gasteiger partial charge on any atom is 0.327 e. The van der Waals surface area contributed by atoms with E-state index in [-0.39, 0.29) is 12.5 Å². The number of carbonyl (C=O) groups is 2. The molecule has 1 aromatic carbocycles. The van der Waals surface area contributed by atoms with Crippen molar-refractivity contribution >= 4 is 40.6 Å². The predicted octanol–water partition coefficient (Wildman–Crippen LogP) is 2.51. The van der Waals surface area contributed by atoms with E-state index in [1.165, 1.54) is 24.1 Å². The Morgan fingerprint density at radius 2 is 2.09 bits per heavy atom. The lowest BCUT2D eigenvalue weighted by atomic mass is 10.1. The molecule has 10 nitrogen and oxygen atoms in total. The Hall–Kier alpha value is -3.66. The minimum Gasteiger partial charge on any atom is -0.483 e. The zero-order chi connectivity index (χ0) is 23.9. The Morgan fingerprint density at radius 1 is 1.29 bits per heavy atom. The molecule has 0 bridgehead atoms. The molecule has 10 heteroatoms. The van der Waals surface area contributed by atoms with E-state index in [2.05, 4.69) is 31.7 Å². The number of nitrogens with zero attached hydrogens (tertiary/aromatic N) is 5. The molecule has 3 aromatic rings. The van der Waals surface area contributed by atoms with Crippen LogP contribution in [0.5, 0.6) is 0 Å². The number of pyridine rings is 1. The predicted molar refractivity (Wildman–Crippen MR) is 131 cm³/mol. The average molecular weight is 464 g/mol. The van der Waals surface area contributed by atoms with Crippen LogP contribution in [0.2, 0.25) is 0 Å². The Balaban J connectivity index is 0.000000764. The number of fused-ring (bicyclic) bond motifs is 2. The first-order chi connectivity index (χ1) is 16.4. The molecule has 3 aliphatic rings. The second-order valence-electron chi connectivity index (χ2n) is 9.23. The van der Waals surface area contributed by atoms with Gasteiger partial charge in [-0.05, 0) is 49.9 Å². The Kier molecular flexibility index (Phi) is 5.60. The molecule has 0 radical (unpaired) electrons. The summed E-state index contributed by atoms with van der Waals surface area (Å²) in [5.41, 5.74) is 5.53. The summed E-state index contributed by atoms with van der Waals surface area (Å²) in [7, 11) is 1.91. The number of hydrogen-bond acceptors (Lipinski definition) is 6. The van der Waals surface area contributed by atoms with Crippen LogP contribution in [0.15, 0.2) is 30.6 Å². The van der Waals surface area contributed by atoms with Crippen molar-refractivity contribution in [1.29, 1.82) is 0 Å². The molecule has 3 N–H and O–H groups in total. The lowest BCUT2D eigenvalue weighted by molar-refractivity contribution is -0.122.